The van der Waals surface area contributed by atoms with Gasteiger partial charge in [0.05, 0.1) is 4.88 Å². The van der Waals surface area contributed by atoms with Gasteiger partial charge in [-0.05, 0) is 30.5 Å². The number of carbonyl (C=O) groups excluding carboxylic acids is 4. The molecule has 1 unspecified atom stereocenters. The van der Waals surface area contributed by atoms with Crippen molar-refractivity contribution < 1.29 is 23.9 Å². The first-order chi connectivity index (χ1) is 12.0. The van der Waals surface area contributed by atoms with Crippen LogP contribution in [0, 0.1) is 0 Å². The molecule has 1 heterocycles. The zero-order valence-corrected chi connectivity index (χ0v) is 14.2. The Kier molecular flexibility index (Phi) is 6.41. The maximum absolute atomic E-state index is 11.8. The molecule has 2 N–H and O–H groups in total. The van der Waals surface area contributed by atoms with E-state index in [1.165, 1.54) is 18.3 Å². The summed E-state index contributed by atoms with van der Waals surface area (Å²) in [6.45, 7) is 0.831. The highest BCUT2D eigenvalue weighted by atomic mass is 32.1. The Hall–Kier alpha value is -3.00. The van der Waals surface area contributed by atoms with Gasteiger partial charge in [-0.2, -0.15) is 0 Å². The molecule has 3 amide bonds. The van der Waals surface area contributed by atoms with E-state index in [1.54, 1.807) is 47.8 Å². The van der Waals surface area contributed by atoms with E-state index in [9.17, 15) is 19.2 Å². The molecule has 2 aromatic rings. The second-order valence-electron chi connectivity index (χ2n) is 5.02. The highest BCUT2D eigenvalue weighted by Gasteiger charge is 2.20. The Bertz CT molecular complexity index is 759. The van der Waals surface area contributed by atoms with Gasteiger partial charge >= 0.3 is 5.97 Å². The number of benzene rings is 1. The van der Waals surface area contributed by atoms with E-state index in [4.69, 9.17) is 4.74 Å². The zero-order chi connectivity index (χ0) is 18.2. The highest BCUT2D eigenvalue weighted by molar-refractivity contribution is 7.12. The first-order valence-corrected chi connectivity index (χ1v) is 8.25. The Morgan fingerprint density at radius 3 is 2.40 bits per heavy atom. The minimum atomic E-state index is -0.924. The van der Waals surface area contributed by atoms with Crippen LogP contribution in [0.3, 0.4) is 0 Å². The van der Waals surface area contributed by atoms with E-state index >= 15 is 0 Å². The molecule has 1 aromatic heterocycles. The fourth-order valence-corrected chi connectivity index (χ4v) is 2.45. The van der Waals surface area contributed by atoms with E-state index < -0.39 is 36.3 Å². The van der Waals surface area contributed by atoms with E-state index in [0.717, 1.165) is 0 Å². The van der Waals surface area contributed by atoms with Gasteiger partial charge in [0.2, 0.25) is 0 Å². The van der Waals surface area contributed by atoms with Crippen LogP contribution < -0.4 is 10.6 Å². The quantitative estimate of drug-likeness (QED) is 0.758. The van der Waals surface area contributed by atoms with Crippen molar-refractivity contribution in [1.82, 2.24) is 10.6 Å². The number of hydrogen-bond donors (Lipinski definition) is 2. The van der Waals surface area contributed by atoms with Crippen molar-refractivity contribution in [2.24, 2.45) is 0 Å². The standard InChI is InChI=1S/C17H16N2O5S/c1-11(18-16(22)13-8-5-9-25-13)17(23)24-10-14(20)19-15(21)12-6-3-2-4-7-12/h2-9,11H,10H2,1H3,(H,18,22)(H,19,20,21). The summed E-state index contributed by atoms with van der Waals surface area (Å²) >= 11 is 1.24. The Balaban J connectivity index is 1.76. The first kappa shape index (κ1) is 18.3. The number of rotatable bonds is 6. The largest absolute Gasteiger partial charge is 0.454 e. The van der Waals surface area contributed by atoms with Crippen LogP contribution >= 0.6 is 11.3 Å². The summed E-state index contributed by atoms with van der Waals surface area (Å²) in [6.07, 6.45) is 0. The molecule has 0 spiro atoms. The fourth-order valence-electron chi connectivity index (χ4n) is 1.82. The third kappa shape index (κ3) is 5.54. The molecule has 0 saturated carbocycles. The lowest BCUT2D eigenvalue weighted by Crippen LogP contribution is -2.41. The van der Waals surface area contributed by atoms with Crippen LogP contribution in [0.1, 0.15) is 27.0 Å². The predicted octanol–water partition coefficient (Wildman–Crippen LogP) is 1.37. The molecule has 130 valence electrons. The van der Waals surface area contributed by atoms with Crippen LogP contribution in [0.2, 0.25) is 0 Å². The third-order valence-electron chi connectivity index (χ3n) is 3.08. The average molecular weight is 360 g/mol. The summed E-state index contributed by atoms with van der Waals surface area (Å²) in [4.78, 5) is 47.6. The Morgan fingerprint density at radius 2 is 1.76 bits per heavy atom. The molecule has 0 aliphatic rings. The van der Waals surface area contributed by atoms with Crippen molar-refractivity contribution in [3.05, 3.63) is 58.3 Å². The van der Waals surface area contributed by atoms with Crippen LogP contribution in [0.5, 0.6) is 0 Å². The van der Waals surface area contributed by atoms with Crippen molar-refractivity contribution >= 4 is 35.0 Å². The third-order valence-corrected chi connectivity index (χ3v) is 3.95. The molecule has 2 rings (SSSR count). The lowest BCUT2D eigenvalue weighted by molar-refractivity contribution is -0.149. The molecule has 0 aliphatic carbocycles. The highest BCUT2D eigenvalue weighted by Crippen LogP contribution is 2.08. The number of hydrogen-bond acceptors (Lipinski definition) is 6. The number of esters is 1. The number of carbonyl (C=O) groups is 4. The second-order valence-corrected chi connectivity index (χ2v) is 5.97. The van der Waals surface area contributed by atoms with Gasteiger partial charge in [0, 0.05) is 5.56 Å². The van der Waals surface area contributed by atoms with Crippen molar-refractivity contribution in [1.29, 1.82) is 0 Å². The molecule has 7 nitrogen and oxygen atoms in total. The van der Waals surface area contributed by atoms with Gasteiger partial charge in [-0.3, -0.25) is 19.7 Å². The number of nitrogens with one attached hydrogen (secondary N) is 2. The summed E-state index contributed by atoms with van der Waals surface area (Å²) in [5, 5.41) is 6.33. The van der Waals surface area contributed by atoms with Gasteiger partial charge < -0.3 is 10.1 Å². The van der Waals surface area contributed by atoms with Gasteiger partial charge in [-0.15, -0.1) is 11.3 Å². The van der Waals surface area contributed by atoms with Crippen LogP contribution in [-0.4, -0.2) is 36.3 Å². The van der Waals surface area contributed by atoms with Crippen LogP contribution in [0.25, 0.3) is 0 Å². The van der Waals surface area contributed by atoms with Gasteiger partial charge in [0.1, 0.15) is 6.04 Å². The van der Waals surface area contributed by atoms with Gasteiger partial charge in [-0.1, -0.05) is 24.3 Å². The predicted molar refractivity (Wildman–Crippen MR) is 91.1 cm³/mol. The smallest absolute Gasteiger partial charge is 0.328 e. The summed E-state index contributed by atoms with van der Waals surface area (Å²) in [6, 6.07) is 10.6. The van der Waals surface area contributed by atoms with Gasteiger partial charge in [0.25, 0.3) is 17.7 Å². The molecule has 0 saturated heterocycles. The molecular weight excluding hydrogens is 344 g/mol. The molecular formula is C17H16N2O5S. The van der Waals surface area contributed by atoms with Gasteiger partial charge in [0.15, 0.2) is 6.61 Å². The van der Waals surface area contributed by atoms with Crippen molar-refractivity contribution in [2.45, 2.75) is 13.0 Å². The summed E-state index contributed by atoms with van der Waals surface area (Å²) in [5.41, 5.74) is 0.318. The topological polar surface area (TPSA) is 102 Å². The number of thiophene rings is 1. The maximum atomic E-state index is 11.8. The SMILES string of the molecule is CC(NC(=O)c1cccs1)C(=O)OCC(=O)NC(=O)c1ccccc1. The number of amides is 3. The van der Waals surface area contributed by atoms with Crippen molar-refractivity contribution in [3.8, 4) is 0 Å². The zero-order valence-electron chi connectivity index (χ0n) is 13.4. The Labute approximate surface area is 148 Å². The molecule has 8 heteroatoms. The van der Waals surface area contributed by atoms with E-state index in [-0.39, 0.29) is 0 Å². The van der Waals surface area contributed by atoms with E-state index in [1.807, 2.05) is 0 Å². The fraction of sp³-hybridized carbons (Fsp3) is 0.176. The summed E-state index contributed by atoms with van der Waals surface area (Å²) < 4.78 is 4.81. The molecule has 0 aliphatic heterocycles. The molecule has 0 bridgehead atoms. The number of ether oxygens (including phenoxy) is 1. The monoisotopic (exact) mass is 360 g/mol. The van der Waals surface area contributed by atoms with Crippen molar-refractivity contribution in [3.63, 3.8) is 0 Å². The molecule has 1 atom stereocenters. The molecule has 25 heavy (non-hydrogen) atoms. The number of imide groups is 1. The lowest BCUT2D eigenvalue weighted by atomic mass is 10.2. The van der Waals surface area contributed by atoms with E-state index in [0.29, 0.717) is 10.4 Å². The molecule has 1 aromatic carbocycles. The Morgan fingerprint density at radius 1 is 1.04 bits per heavy atom. The van der Waals surface area contributed by atoms with Crippen LogP contribution in [-0.2, 0) is 14.3 Å². The molecule has 0 radical (unpaired) electrons. The minimum Gasteiger partial charge on any atom is -0.454 e. The summed E-state index contributed by atoms with van der Waals surface area (Å²) in [5.74, 6) is -2.50. The lowest BCUT2D eigenvalue weighted by Gasteiger charge is -2.12. The maximum Gasteiger partial charge on any atom is 0.328 e. The van der Waals surface area contributed by atoms with Crippen LogP contribution in [0.15, 0.2) is 47.8 Å². The normalized spacial score (nSPS) is 11.2. The van der Waals surface area contributed by atoms with Crippen LogP contribution in [0.4, 0.5) is 0 Å². The van der Waals surface area contributed by atoms with Gasteiger partial charge in [-0.25, -0.2) is 4.79 Å². The average Bonchev–Trinajstić information content (AvgIpc) is 3.15. The van der Waals surface area contributed by atoms with Crippen molar-refractivity contribution in [2.75, 3.05) is 6.61 Å². The van der Waals surface area contributed by atoms with E-state index in [2.05, 4.69) is 10.6 Å². The second kappa shape index (κ2) is 8.74. The first-order valence-electron chi connectivity index (χ1n) is 7.37. The molecule has 0 fully saturated rings. The summed E-state index contributed by atoms with van der Waals surface area (Å²) in [7, 11) is 0. The minimum absolute atomic E-state index is 0.318.